The summed E-state index contributed by atoms with van der Waals surface area (Å²) in [7, 11) is 3.11. The van der Waals surface area contributed by atoms with Crippen LogP contribution in [0.15, 0.2) is 18.2 Å². The van der Waals surface area contributed by atoms with Gasteiger partial charge < -0.3 is 10.2 Å². The van der Waals surface area contributed by atoms with Gasteiger partial charge in [-0.2, -0.15) is 0 Å². The number of carbonyl (C=O) groups is 1. The molecule has 0 saturated heterocycles. The molecule has 0 radical (unpaired) electrons. The Morgan fingerprint density at radius 3 is 2.62 bits per heavy atom. The van der Waals surface area contributed by atoms with E-state index < -0.39 is 11.0 Å². The summed E-state index contributed by atoms with van der Waals surface area (Å²) in [5.41, 5.74) is 0.0908. The first-order valence-corrected chi connectivity index (χ1v) is 4.72. The molecular formula is C9H10ClN3O3. The maximum atomic E-state index is 11.3. The van der Waals surface area contributed by atoms with Gasteiger partial charge in [0.25, 0.3) is 5.69 Å². The van der Waals surface area contributed by atoms with Crippen molar-refractivity contribution in [1.82, 2.24) is 4.90 Å². The summed E-state index contributed by atoms with van der Waals surface area (Å²) in [4.78, 5) is 22.6. The normalized spacial score (nSPS) is 9.69. The van der Waals surface area contributed by atoms with Crippen molar-refractivity contribution in [3.05, 3.63) is 33.3 Å². The molecular weight excluding hydrogens is 234 g/mol. The van der Waals surface area contributed by atoms with Gasteiger partial charge in [-0.3, -0.25) is 10.1 Å². The predicted molar refractivity (Wildman–Crippen MR) is 60.8 cm³/mol. The van der Waals surface area contributed by atoms with E-state index in [1.54, 1.807) is 14.1 Å². The number of amides is 2. The molecule has 6 nitrogen and oxygen atoms in total. The van der Waals surface area contributed by atoms with E-state index in [1.807, 2.05) is 0 Å². The van der Waals surface area contributed by atoms with Crippen molar-refractivity contribution >= 4 is 29.0 Å². The van der Waals surface area contributed by atoms with Gasteiger partial charge in [0.2, 0.25) is 0 Å². The number of hydrogen-bond donors (Lipinski definition) is 1. The molecule has 0 aliphatic rings. The standard InChI is InChI=1S/C9H10ClN3O3/c1-12(2)9(14)11-8-5-6(13(15)16)3-4-7(8)10/h3-5H,1-2H3,(H,11,14). The topological polar surface area (TPSA) is 75.5 Å². The fourth-order valence-corrected chi connectivity index (χ4v) is 1.11. The van der Waals surface area contributed by atoms with Gasteiger partial charge in [0.15, 0.2) is 0 Å². The first-order chi connectivity index (χ1) is 7.41. The molecule has 16 heavy (non-hydrogen) atoms. The zero-order chi connectivity index (χ0) is 12.3. The summed E-state index contributed by atoms with van der Waals surface area (Å²) in [5, 5.41) is 13.2. The number of carbonyl (C=O) groups excluding carboxylic acids is 1. The summed E-state index contributed by atoms with van der Waals surface area (Å²) in [6.07, 6.45) is 0. The molecule has 0 aliphatic carbocycles. The number of urea groups is 1. The minimum atomic E-state index is -0.554. The molecule has 2 amide bonds. The van der Waals surface area contributed by atoms with Crippen LogP contribution in [0.2, 0.25) is 5.02 Å². The van der Waals surface area contributed by atoms with E-state index in [0.29, 0.717) is 0 Å². The second-order valence-electron chi connectivity index (χ2n) is 3.25. The average Bonchev–Trinajstić information content (AvgIpc) is 2.20. The molecule has 0 fully saturated rings. The highest BCUT2D eigenvalue weighted by Gasteiger charge is 2.12. The van der Waals surface area contributed by atoms with Crippen molar-refractivity contribution in [3.8, 4) is 0 Å². The number of benzene rings is 1. The first kappa shape index (κ1) is 12.3. The minimum absolute atomic E-state index is 0.126. The monoisotopic (exact) mass is 243 g/mol. The van der Waals surface area contributed by atoms with Crippen LogP contribution in [0.4, 0.5) is 16.2 Å². The second kappa shape index (κ2) is 4.80. The molecule has 1 aromatic carbocycles. The fourth-order valence-electron chi connectivity index (χ4n) is 0.950. The van der Waals surface area contributed by atoms with Crippen LogP contribution < -0.4 is 5.32 Å². The lowest BCUT2D eigenvalue weighted by atomic mass is 10.3. The molecule has 0 saturated carbocycles. The van der Waals surface area contributed by atoms with Gasteiger partial charge in [-0.15, -0.1) is 0 Å². The van der Waals surface area contributed by atoms with Crippen LogP contribution in [0.25, 0.3) is 0 Å². The van der Waals surface area contributed by atoms with E-state index in [1.165, 1.54) is 23.1 Å². The second-order valence-corrected chi connectivity index (χ2v) is 3.65. The van der Waals surface area contributed by atoms with Crippen molar-refractivity contribution in [2.75, 3.05) is 19.4 Å². The number of nitro groups is 1. The lowest BCUT2D eigenvalue weighted by Crippen LogP contribution is -2.27. The fraction of sp³-hybridized carbons (Fsp3) is 0.222. The molecule has 0 aromatic heterocycles. The van der Waals surface area contributed by atoms with Crippen molar-refractivity contribution in [2.45, 2.75) is 0 Å². The van der Waals surface area contributed by atoms with Gasteiger partial charge in [-0.1, -0.05) is 11.6 Å². The molecule has 0 atom stereocenters. The van der Waals surface area contributed by atoms with Crippen LogP contribution in [0.1, 0.15) is 0 Å². The van der Waals surface area contributed by atoms with Crippen molar-refractivity contribution in [1.29, 1.82) is 0 Å². The van der Waals surface area contributed by atoms with Gasteiger partial charge in [0.05, 0.1) is 15.6 Å². The first-order valence-electron chi connectivity index (χ1n) is 4.34. The van der Waals surface area contributed by atoms with Crippen LogP contribution in [0.5, 0.6) is 0 Å². The summed E-state index contributed by atoms with van der Waals surface area (Å²) < 4.78 is 0. The van der Waals surface area contributed by atoms with Crippen LogP contribution in [-0.2, 0) is 0 Å². The lowest BCUT2D eigenvalue weighted by molar-refractivity contribution is -0.384. The predicted octanol–water partition coefficient (Wildman–Crippen LogP) is 2.34. The number of rotatable bonds is 2. The highest BCUT2D eigenvalue weighted by atomic mass is 35.5. The van der Waals surface area contributed by atoms with E-state index in [0.717, 1.165) is 0 Å². The molecule has 0 bridgehead atoms. The van der Waals surface area contributed by atoms with Gasteiger partial charge >= 0.3 is 6.03 Å². The number of halogens is 1. The van der Waals surface area contributed by atoms with Crippen molar-refractivity contribution in [3.63, 3.8) is 0 Å². The zero-order valence-electron chi connectivity index (χ0n) is 8.73. The molecule has 0 unspecified atom stereocenters. The minimum Gasteiger partial charge on any atom is -0.331 e. The van der Waals surface area contributed by atoms with Crippen LogP contribution in [0, 0.1) is 10.1 Å². The summed E-state index contributed by atoms with van der Waals surface area (Å²) in [6.45, 7) is 0. The third-order valence-corrected chi connectivity index (χ3v) is 2.14. The number of anilines is 1. The number of non-ortho nitro benzene ring substituents is 1. The summed E-state index contributed by atoms with van der Waals surface area (Å²) in [6, 6.07) is 3.45. The highest BCUT2D eigenvalue weighted by molar-refractivity contribution is 6.33. The summed E-state index contributed by atoms with van der Waals surface area (Å²) >= 11 is 5.79. The Hall–Kier alpha value is -1.82. The molecule has 1 rings (SSSR count). The van der Waals surface area contributed by atoms with Crippen molar-refractivity contribution in [2.24, 2.45) is 0 Å². The number of hydrogen-bond acceptors (Lipinski definition) is 3. The van der Waals surface area contributed by atoms with Crippen LogP contribution in [0.3, 0.4) is 0 Å². The summed E-state index contributed by atoms with van der Waals surface area (Å²) in [5.74, 6) is 0. The van der Waals surface area contributed by atoms with Crippen molar-refractivity contribution < 1.29 is 9.72 Å². The number of nitrogens with one attached hydrogen (secondary N) is 1. The molecule has 0 spiro atoms. The SMILES string of the molecule is CN(C)C(=O)Nc1cc([N+](=O)[O-])ccc1Cl. The highest BCUT2D eigenvalue weighted by Crippen LogP contribution is 2.26. The maximum Gasteiger partial charge on any atom is 0.321 e. The third-order valence-electron chi connectivity index (χ3n) is 1.81. The lowest BCUT2D eigenvalue weighted by Gasteiger charge is -2.12. The van der Waals surface area contributed by atoms with Gasteiger partial charge in [0, 0.05) is 26.2 Å². The molecule has 1 aromatic rings. The Morgan fingerprint density at radius 2 is 2.12 bits per heavy atom. The van der Waals surface area contributed by atoms with E-state index in [-0.39, 0.29) is 16.4 Å². The van der Waals surface area contributed by atoms with Crippen LogP contribution in [-0.4, -0.2) is 29.9 Å². The van der Waals surface area contributed by atoms with Gasteiger partial charge in [0.1, 0.15) is 0 Å². The molecule has 1 N–H and O–H groups in total. The number of nitro benzene ring substituents is 1. The van der Waals surface area contributed by atoms with E-state index in [9.17, 15) is 14.9 Å². The largest absolute Gasteiger partial charge is 0.331 e. The smallest absolute Gasteiger partial charge is 0.321 e. The maximum absolute atomic E-state index is 11.3. The zero-order valence-corrected chi connectivity index (χ0v) is 9.49. The Bertz CT molecular complexity index is 434. The third kappa shape index (κ3) is 2.83. The van der Waals surface area contributed by atoms with Gasteiger partial charge in [-0.25, -0.2) is 4.79 Å². The Labute approximate surface area is 97.0 Å². The Balaban J connectivity index is 2.99. The van der Waals surface area contributed by atoms with E-state index in [4.69, 9.17) is 11.6 Å². The molecule has 7 heteroatoms. The number of nitrogens with zero attached hydrogens (tertiary/aromatic N) is 2. The van der Waals surface area contributed by atoms with Gasteiger partial charge in [-0.05, 0) is 6.07 Å². The van der Waals surface area contributed by atoms with Crippen LogP contribution >= 0.6 is 11.6 Å². The molecule has 0 heterocycles. The Morgan fingerprint density at radius 1 is 1.50 bits per heavy atom. The quantitative estimate of drug-likeness (QED) is 0.640. The van der Waals surface area contributed by atoms with E-state index in [2.05, 4.69) is 5.32 Å². The molecule has 0 aliphatic heterocycles. The van der Waals surface area contributed by atoms with E-state index >= 15 is 0 Å². The molecule has 86 valence electrons. The average molecular weight is 244 g/mol. The Kier molecular flexibility index (Phi) is 3.68.